The first-order chi connectivity index (χ1) is 6.20. The maximum Gasteiger partial charge on any atom is 0.271 e. The molecule has 1 aromatic carbocycles. The summed E-state index contributed by atoms with van der Waals surface area (Å²) >= 11 is 3.35. The summed E-state index contributed by atoms with van der Waals surface area (Å²) < 4.78 is 0.911. The van der Waals surface area contributed by atoms with Crippen molar-refractivity contribution in [2.24, 2.45) is 0 Å². The van der Waals surface area contributed by atoms with Gasteiger partial charge in [-0.05, 0) is 11.6 Å². The van der Waals surface area contributed by atoms with Gasteiger partial charge >= 0.3 is 0 Å². The summed E-state index contributed by atoms with van der Waals surface area (Å²) in [5.41, 5.74) is 1.88. The van der Waals surface area contributed by atoms with Crippen molar-refractivity contribution < 1.29 is 49.0 Å². The summed E-state index contributed by atoms with van der Waals surface area (Å²) in [5.74, 6) is 0. The molecule has 0 spiro atoms. The van der Waals surface area contributed by atoms with Gasteiger partial charge in [0.2, 0.25) is 0 Å². The van der Waals surface area contributed by atoms with Crippen LogP contribution in [-0.2, 0) is 13.1 Å². The predicted molar refractivity (Wildman–Crippen MR) is 51.6 cm³/mol. The molecule has 1 heterocycles. The van der Waals surface area contributed by atoms with Crippen LogP contribution in [0.5, 0.6) is 0 Å². The summed E-state index contributed by atoms with van der Waals surface area (Å²) in [4.78, 5) is 10.3. The van der Waals surface area contributed by atoms with E-state index in [1.54, 1.807) is 6.07 Å². The van der Waals surface area contributed by atoms with Crippen LogP contribution in [0.25, 0.3) is 5.32 Å². The van der Waals surface area contributed by atoms with Crippen LogP contribution in [0, 0.1) is 54.2 Å². The van der Waals surface area contributed by atoms with Gasteiger partial charge < -0.3 is 5.32 Å². The van der Waals surface area contributed by atoms with E-state index in [-0.39, 0.29) is 54.7 Å². The number of halogens is 1. The van der Waals surface area contributed by atoms with E-state index in [0.29, 0.717) is 13.1 Å². The minimum Gasteiger partial charge on any atom is -0.654 e. The largest absolute Gasteiger partial charge is 0.654 e. The average molecular weight is 469 g/mol. The van der Waals surface area contributed by atoms with Crippen LogP contribution in [0.3, 0.4) is 0 Å². The molecule has 1 aliphatic rings. The van der Waals surface area contributed by atoms with Crippen molar-refractivity contribution in [1.29, 1.82) is 0 Å². The van der Waals surface area contributed by atoms with Crippen molar-refractivity contribution in [3.05, 3.63) is 43.2 Å². The molecule has 6 heteroatoms. The van der Waals surface area contributed by atoms with E-state index in [9.17, 15) is 10.1 Å². The van der Waals surface area contributed by atoms with Gasteiger partial charge in [0.05, 0.1) is 4.92 Å². The Morgan fingerprint density at radius 3 is 2.64 bits per heavy atom. The van der Waals surface area contributed by atoms with Gasteiger partial charge in [-0.3, -0.25) is 10.1 Å². The Balaban J connectivity index is 0.000000980. The van der Waals surface area contributed by atoms with E-state index in [1.807, 2.05) is 0 Å². The second-order valence-corrected chi connectivity index (χ2v) is 3.67. The zero-order chi connectivity index (χ0) is 9.42. The van der Waals surface area contributed by atoms with Crippen molar-refractivity contribution in [1.82, 2.24) is 0 Å². The maximum absolute atomic E-state index is 10.6. The Kier molecular flexibility index (Phi) is 4.51. The fraction of sp³-hybridized carbons (Fsp3) is 0.250. The van der Waals surface area contributed by atoms with Gasteiger partial charge in [-0.25, -0.2) is 0 Å². The molecule has 0 atom stereocenters. The van der Waals surface area contributed by atoms with Gasteiger partial charge in [0.15, 0.2) is 0 Å². The van der Waals surface area contributed by atoms with Crippen molar-refractivity contribution in [3.63, 3.8) is 0 Å². The van der Waals surface area contributed by atoms with E-state index in [0.717, 1.165) is 15.6 Å². The van der Waals surface area contributed by atoms with Gasteiger partial charge in [-0.2, -0.15) is 0 Å². The summed E-state index contributed by atoms with van der Waals surface area (Å²) in [6, 6.07) is 3.22. The Labute approximate surface area is 125 Å². The van der Waals surface area contributed by atoms with Crippen LogP contribution in [0.15, 0.2) is 16.6 Å². The van der Waals surface area contributed by atoms with Crippen LogP contribution < -0.4 is 0 Å². The zero-order valence-electron chi connectivity index (χ0n) is 7.24. The summed E-state index contributed by atoms with van der Waals surface area (Å²) in [6.45, 7) is 1.04. The first-order valence-corrected chi connectivity index (χ1v) is 4.57. The predicted octanol–water partition coefficient (Wildman–Crippen LogP) is 2.74. The molecule has 0 unspecified atom stereocenters. The van der Waals surface area contributed by atoms with Gasteiger partial charge in [0.25, 0.3) is 5.69 Å². The molecule has 1 aliphatic heterocycles. The van der Waals surface area contributed by atoms with Crippen LogP contribution in [0.2, 0.25) is 0 Å². The smallest absolute Gasteiger partial charge is 0.271 e. The molecule has 2 rings (SSSR count). The molecule has 0 N–H and O–H groups in total. The molecule has 0 amide bonds. The van der Waals surface area contributed by atoms with E-state index in [4.69, 9.17) is 0 Å². The molecule has 0 saturated carbocycles. The van der Waals surface area contributed by atoms with Gasteiger partial charge in [-0.15, -0.1) is 13.1 Å². The monoisotopic (exact) mass is 468 g/mol. The SMILES string of the molecule is O=[N+]([O-])c1ccc(Br)c2c1C[N-]C2.[Ac]. The van der Waals surface area contributed by atoms with Crippen molar-refractivity contribution in [3.8, 4) is 0 Å². The molecule has 1 radical (unpaired) electrons. The quantitative estimate of drug-likeness (QED) is 0.470. The van der Waals surface area contributed by atoms with Gasteiger partial charge in [0, 0.05) is 60.2 Å². The number of nitro groups is 1. The third-order valence-corrected chi connectivity index (χ3v) is 2.83. The third-order valence-electron chi connectivity index (χ3n) is 2.09. The standard InChI is InChI=1S/C8H6BrN2O2.Ac/c9-7-1-2-8(11(12)13)6-4-10-3-5(6)7;/h1-2H,3-4H2;/q-1;. The summed E-state index contributed by atoms with van der Waals surface area (Å²) in [5, 5.41) is 14.7. The van der Waals surface area contributed by atoms with E-state index < -0.39 is 0 Å². The minimum absolute atomic E-state index is 0. The fourth-order valence-electron chi connectivity index (χ4n) is 1.45. The molecule has 1 aromatic rings. The number of fused-ring (bicyclic) bond motifs is 1. The second kappa shape index (κ2) is 5.02. The van der Waals surface area contributed by atoms with E-state index >= 15 is 0 Å². The first-order valence-electron chi connectivity index (χ1n) is 3.78. The number of benzene rings is 1. The molecule has 0 fully saturated rings. The Hall–Kier alpha value is 0.502. The van der Waals surface area contributed by atoms with Crippen LogP contribution in [0.1, 0.15) is 11.1 Å². The number of hydrogen-bond donors (Lipinski definition) is 0. The molecule has 0 aromatic heterocycles. The van der Waals surface area contributed by atoms with E-state index in [1.165, 1.54) is 6.07 Å². The van der Waals surface area contributed by atoms with Crippen LogP contribution in [-0.4, -0.2) is 4.92 Å². The number of nitro benzene ring substituents is 1. The first kappa shape index (κ1) is 12.6. The molecule has 71 valence electrons. The van der Waals surface area contributed by atoms with Crippen molar-refractivity contribution in [2.75, 3.05) is 0 Å². The third kappa shape index (κ3) is 2.19. The number of rotatable bonds is 1. The normalized spacial score (nSPS) is 13.2. The Morgan fingerprint density at radius 2 is 2.00 bits per heavy atom. The summed E-state index contributed by atoms with van der Waals surface area (Å²) in [6.07, 6.45) is 0. The number of nitrogens with zero attached hydrogens (tertiary/aromatic N) is 2. The fourth-order valence-corrected chi connectivity index (χ4v) is 1.95. The molecule has 0 aliphatic carbocycles. The number of hydrogen-bond acceptors (Lipinski definition) is 2. The summed E-state index contributed by atoms with van der Waals surface area (Å²) in [7, 11) is 0. The van der Waals surface area contributed by atoms with Crippen molar-refractivity contribution in [2.45, 2.75) is 13.1 Å². The molecule has 14 heavy (non-hydrogen) atoms. The Bertz CT molecular complexity index is 384. The average Bonchev–Trinajstić information content (AvgIpc) is 2.53. The topological polar surface area (TPSA) is 57.2 Å². The van der Waals surface area contributed by atoms with Crippen LogP contribution in [0.4, 0.5) is 5.69 Å². The molecular formula is C8H6AcBrN2O2-. The van der Waals surface area contributed by atoms with Gasteiger partial charge in [-0.1, -0.05) is 15.9 Å². The van der Waals surface area contributed by atoms with E-state index in [2.05, 4.69) is 21.2 Å². The minimum atomic E-state index is -0.355. The molecule has 0 saturated heterocycles. The molecular weight excluding hydrogens is 463 g/mol. The molecule has 0 bridgehead atoms. The van der Waals surface area contributed by atoms with Crippen molar-refractivity contribution >= 4 is 21.6 Å². The Morgan fingerprint density at radius 1 is 1.36 bits per heavy atom. The maximum atomic E-state index is 10.6. The zero-order valence-corrected chi connectivity index (χ0v) is 13.6. The molecule has 4 nitrogen and oxygen atoms in total. The second-order valence-electron chi connectivity index (χ2n) is 2.82. The van der Waals surface area contributed by atoms with Crippen LogP contribution >= 0.6 is 15.9 Å². The van der Waals surface area contributed by atoms with Gasteiger partial charge in [0.1, 0.15) is 0 Å².